The van der Waals surface area contributed by atoms with E-state index in [-0.39, 0.29) is 11.9 Å². The molecule has 1 aromatic rings. The van der Waals surface area contributed by atoms with E-state index in [1.165, 1.54) is 0 Å². The Hall–Kier alpha value is -0.250. The second kappa shape index (κ2) is 6.62. The van der Waals surface area contributed by atoms with Crippen molar-refractivity contribution in [1.29, 1.82) is 0 Å². The van der Waals surface area contributed by atoms with E-state index in [9.17, 15) is 4.79 Å². The van der Waals surface area contributed by atoms with Crippen molar-refractivity contribution in [3.05, 3.63) is 33.8 Å². The fraction of sp³-hybridized carbons (Fsp3) is 0.417. The first-order valence-corrected chi connectivity index (χ1v) is 7.16. The molecular weight excluding hydrogens is 325 g/mol. The SMILES string of the molecule is CC(CBr)C(C)NC(=O)c1cccc(Cl)c1Cl. The normalized spacial score (nSPS) is 14.2. The molecular formula is C12H14BrCl2NO. The first-order valence-electron chi connectivity index (χ1n) is 5.28. The third-order valence-electron chi connectivity index (χ3n) is 2.65. The number of carbonyl (C=O) groups excluding carboxylic acids is 1. The van der Waals surface area contributed by atoms with Gasteiger partial charge in [-0.2, -0.15) is 0 Å². The standard InChI is InChI=1S/C12H14BrCl2NO/c1-7(6-13)8(2)16-12(17)9-4-3-5-10(14)11(9)15/h3-5,7-8H,6H2,1-2H3,(H,16,17). The molecule has 0 spiro atoms. The van der Waals surface area contributed by atoms with E-state index in [0.717, 1.165) is 5.33 Å². The summed E-state index contributed by atoms with van der Waals surface area (Å²) in [5.74, 6) is 0.148. The molecule has 2 unspecified atom stereocenters. The van der Waals surface area contributed by atoms with Crippen LogP contribution < -0.4 is 5.32 Å². The van der Waals surface area contributed by atoms with Crippen LogP contribution in [0.2, 0.25) is 10.0 Å². The van der Waals surface area contributed by atoms with Gasteiger partial charge in [0.2, 0.25) is 0 Å². The van der Waals surface area contributed by atoms with Crippen LogP contribution in [0, 0.1) is 5.92 Å². The van der Waals surface area contributed by atoms with Crippen molar-refractivity contribution in [2.45, 2.75) is 19.9 Å². The minimum Gasteiger partial charge on any atom is -0.349 e. The highest BCUT2D eigenvalue weighted by molar-refractivity contribution is 9.09. The molecule has 0 aliphatic rings. The summed E-state index contributed by atoms with van der Waals surface area (Å²) in [6.07, 6.45) is 0. The van der Waals surface area contributed by atoms with Crippen LogP contribution in [0.15, 0.2) is 18.2 Å². The molecule has 0 saturated heterocycles. The molecule has 17 heavy (non-hydrogen) atoms. The van der Waals surface area contributed by atoms with Gasteiger partial charge in [-0.3, -0.25) is 4.79 Å². The molecule has 1 aromatic carbocycles. The minimum absolute atomic E-state index is 0.0666. The van der Waals surface area contributed by atoms with Crippen LogP contribution in [-0.2, 0) is 0 Å². The average Bonchev–Trinajstić information content (AvgIpc) is 2.31. The number of halogens is 3. The fourth-order valence-corrected chi connectivity index (χ4v) is 2.19. The second-order valence-electron chi connectivity index (χ2n) is 4.00. The zero-order valence-electron chi connectivity index (χ0n) is 9.64. The van der Waals surface area contributed by atoms with Crippen molar-refractivity contribution >= 4 is 45.0 Å². The van der Waals surface area contributed by atoms with Gasteiger partial charge in [0.25, 0.3) is 5.91 Å². The molecule has 0 aliphatic heterocycles. The molecule has 0 heterocycles. The summed E-state index contributed by atoms with van der Waals surface area (Å²) in [6.45, 7) is 4.02. The molecule has 0 aromatic heterocycles. The molecule has 0 fully saturated rings. The van der Waals surface area contributed by atoms with Gasteiger partial charge in [-0.15, -0.1) is 0 Å². The van der Waals surface area contributed by atoms with Gasteiger partial charge in [-0.25, -0.2) is 0 Å². The number of carbonyl (C=O) groups is 1. The van der Waals surface area contributed by atoms with Crippen molar-refractivity contribution in [2.24, 2.45) is 5.92 Å². The molecule has 5 heteroatoms. The minimum atomic E-state index is -0.196. The summed E-state index contributed by atoms with van der Waals surface area (Å²) in [7, 11) is 0. The summed E-state index contributed by atoms with van der Waals surface area (Å²) < 4.78 is 0. The van der Waals surface area contributed by atoms with Crippen LogP contribution in [0.1, 0.15) is 24.2 Å². The van der Waals surface area contributed by atoms with Gasteiger partial charge in [0.05, 0.1) is 15.6 Å². The maximum atomic E-state index is 12.0. The highest BCUT2D eigenvalue weighted by atomic mass is 79.9. The van der Waals surface area contributed by atoms with E-state index < -0.39 is 0 Å². The Bertz CT molecular complexity index is 411. The van der Waals surface area contributed by atoms with Gasteiger partial charge < -0.3 is 5.32 Å². The maximum absolute atomic E-state index is 12.0. The fourth-order valence-electron chi connectivity index (χ4n) is 1.24. The van der Waals surface area contributed by atoms with E-state index in [1.807, 2.05) is 6.92 Å². The number of alkyl halides is 1. The monoisotopic (exact) mass is 337 g/mol. The Kier molecular flexibility index (Phi) is 5.77. The Morgan fingerprint density at radius 1 is 1.41 bits per heavy atom. The Morgan fingerprint density at radius 3 is 2.65 bits per heavy atom. The van der Waals surface area contributed by atoms with Crippen LogP contribution in [-0.4, -0.2) is 17.3 Å². The molecule has 2 nitrogen and oxygen atoms in total. The molecule has 2 atom stereocenters. The number of amides is 1. The number of benzene rings is 1. The number of hydrogen-bond acceptors (Lipinski definition) is 1. The smallest absolute Gasteiger partial charge is 0.253 e. The van der Waals surface area contributed by atoms with Crippen molar-refractivity contribution in [2.75, 3.05) is 5.33 Å². The molecule has 1 rings (SSSR count). The van der Waals surface area contributed by atoms with Crippen LogP contribution in [0.3, 0.4) is 0 Å². The van der Waals surface area contributed by atoms with Gasteiger partial charge >= 0.3 is 0 Å². The summed E-state index contributed by atoms with van der Waals surface area (Å²) in [4.78, 5) is 12.0. The summed E-state index contributed by atoms with van der Waals surface area (Å²) in [6, 6.07) is 5.10. The first-order chi connectivity index (χ1) is 7.97. The van der Waals surface area contributed by atoms with E-state index in [1.54, 1.807) is 18.2 Å². The molecule has 0 radical (unpaired) electrons. The summed E-state index contributed by atoms with van der Waals surface area (Å²) in [5.41, 5.74) is 0.410. The van der Waals surface area contributed by atoms with Gasteiger partial charge in [0, 0.05) is 11.4 Å². The Labute approximate surface area is 120 Å². The molecule has 1 N–H and O–H groups in total. The largest absolute Gasteiger partial charge is 0.349 e. The van der Waals surface area contributed by atoms with Crippen molar-refractivity contribution in [1.82, 2.24) is 5.32 Å². The lowest BCUT2D eigenvalue weighted by Gasteiger charge is -2.19. The van der Waals surface area contributed by atoms with Crippen molar-refractivity contribution in [3.63, 3.8) is 0 Å². The first kappa shape index (κ1) is 14.8. The zero-order chi connectivity index (χ0) is 13.0. The third-order valence-corrected chi connectivity index (χ3v) is 4.49. The quantitative estimate of drug-likeness (QED) is 0.821. The Balaban J connectivity index is 2.80. The highest BCUT2D eigenvalue weighted by Gasteiger charge is 2.17. The zero-order valence-corrected chi connectivity index (χ0v) is 12.7. The topological polar surface area (TPSA) is 29.1 Å². The van der Waals surface area contributed by atoms with Crippen LogP contribution >= 0.6 is 39.1 Å². The highest BCUT2D eigenvalue weighted by Crippen LogP contribution is 2.25. The molecule has 1 amide bonds. The van der Waals surface area contributed by atoms with Crippen LogP contribution in [0.5, 0.6) is 0 Å². The molecule has 0 saturated carbocycles. The maximum Gasteiger partial charge on any atom is 0.253 e. The van der Waals surface area contributed by atoms with Gasteiger partial charge in [-0.05, 0) is 25.0 Å². The van der Waals surface area contributed by atoms with Crippen molar-refractivity contribution in [3.8, 4) is 0 Å². The number of nitrogens with one attached hydrogen (secondary N) is 1. The average molecular weight is 339 g/mol. The second-order valence-corrected chi connectivity index (χ2v) is 5.43. The third kappa shape index (κ3) is 3.87. The summed E-state index contributed by atoms with van der Waals surface area (Å²) in [5, 5.41) is 4.42. The van der Waals surface area contributed by atoms with Crippen molar-refractivity contribution < 1.29 is 4.79 Å². The van der Waals surface area contributed by atoms with E-state index in [0.29, 0.717) is 21.5 Å². The van der Waals surface area contributed by atoms with Gasteiger partial charge in [-0.1, -0.05) is 52.1 Å². The lowest BCUT2D eigenvalue weighted by Crippen LogP contribution is -2.37. The van der Waals surface area contributed by atoms with E-state index in [4.69, 9.17) is 23.2 Å². The predicted molar refractivity (Wildman–Crippen MR) is 76.3 cm³/mol. The molecule has 0 bridgehead atoms. The van der Waals surface area contributed by atoms with Gasteiger partial charge in [0.1, 0.15) is 0 Å². The molecule has 0 aliphatic carbocycles. The van der Waals surface area contributed by atoms with Crippen LogP contribution in [0.25, 0.3) is 0 Å². The lowest BCUT2D eigenvalue weighted by molar-refractivity contribution is 0.0931. The van der Waals surface area contributed by atoms with Gasteiger partial charge in [0.15, 0.2) is 0 Å². The molecule has 94 valence electrons. The van der Waals surface area contributed by atoms with E-state index in [2.05, 4.69) is 28.2 Å². The van der Waals surface area contributed by atoms with Crippen LogP contribution in [0.4, 0.5) is 0 Å². The predicted octanol–water partition coefficient (Wildman–Crippen LogP) is 4.14. The van der Waals surface area contributed by atoms with E-state index >= 15 is 0 Å². The number of hydrogen-bond donors (Lipinski definition) is 1. The number of rotatable bonds is 4. The lowest BCUT2D eigenvalue weighted by atomic mass is 10.1. The summed E-state index contributed by atoms with van der Waals surface area (Å²) >= 11 is 15.2. The Morgan fingerprint density at radius 2 is 2.06 bits per heavy atom.